The maximum absolute atomic E-state index is 12.2. The van der Waals surface area contributed by atoms with Gasteiger partial charge < -0.3 is 19.4 Å². The van der Waals surface area contributed by atoms with Gasteiger partial charge in [0, 0.05) is 0 Å². The molecule has 0 saturated heterocycles. The summed E-state index contributed by atoms with van der Waals surface area (Å²) < 4.78 is 6.99. The predicted molar refractivity (Wildman–Crippen MR) is 80.9 cm³/mol. The van der Waals surface area contributed by atoms with Gasteiger partial charge in [0.15, 0.2) is 0 Å². The summed E-state index contributed by atoms with van der Waals surface area (Å²) in [4.78, 5) is 16.6. The van der Waals surface area contributed by atoms with E-state index in [0.717, 1.165) is 11.0 Å². The first-order valence-electron chi connectivity index (χ1n) is 7.07. The minimum absolute atomic E-state index is 0.0987. The van der Waals surface area contributed by atoms with Crippen LogP contribution in [0.4, 0.5) is 0 Å². The van der Waals surface area contributed by atoms with Crippen molar-refractivity contribution in [2.45, 2.75) is 26.1 Å². The van der Waals surface area contributed by atoms with Crippen molar-refractivity contribution in [3.63, 3.8) is 0 Å². The fourth-order valence-corrected chi connectivity index (χ4v) is 2.46. The van der Waals surface area contributed by atoms with Gasteiger partial charge in [-0.1, -0.05) is 12.1 Å². The van der Waals surface area contributed by atoms with Gasteiger partial charge in [-0.25, -0.2) is 4.98 Å². The lowest BCUT2D eigenvalue weighted by Crippen LogP contribution is -2.30. The number of imidazole rings is 1. The Morgan fingerprint density at radius 3 is 2.91 bits per heavy atom. The minimum Gasteiger partial charge on any atom is -0.467 e. The van der Waals surface area contributed by atoms with E-state index < -0.39 is 0 Å². The summed E-state index contributed by atoms with van der Waals surface area (Å²) in [7, 11) is 0. The molecule has 0 radical (unpaired) electrons. The van der Waals surface area contributed by atoms with Gasteiger partial charge >= 0.3 is 0 Å². The highest BCUT2D eigenvalue weighted by Gasteiger charge is 2.16. The second-order valence-corrected chi connectivity index (χ2v) is 5.07. The second kappa shape index (κ2) is 6.03. The Kier molecular flexibility index (Phi) is 3.93. The number of carbonyl (C=O) groups excluding carboxylic acids is 1. The standard InChI is InChI=1S/C16H17N3O3/c1-11(14-7-4-8-22-14)17-16(21)9-19-13-6-3-2-5-12(13)18-15(19)10-20/h2-8,11,20H,9-10H2,1H3,(H,17,21). The molecular weight excluding hydrogens is 282 g/mol. The summed E-state index contributed by atoms with van der Waals surface area (Å²) in [5.41, 5.74) is 1.59. The maximum Gasteiger partial charge on any atom is 0.240 e. The number of aromatic nitrogens is 2. The number of rotatable bonds is 5. The Bertz CT molecular complexity index is 777. The number of fused-ring (bicyclic) bond motifs is 1. The zero-order valence-electron chi connectivity index (χ0n) is 12.2. The van der Waals surface area contributed by atoms with Crippen LogP contribution >= 0.6 is 0 Å². The van der Waals surface area contributed by atoms with Crippen molar-refractivity contribution < 1.29 is 14.3 Å². The van der Waals surface area contributed by atoms with E-state index >= 15 is 0 Å². The molecule has 114 valence electrons. The first-order chi connectivity index (χ1) is 10.7. The molecule has 2 aromatic heterocycles. The average molecular weight is 299 g/mol. The number of hydrogen-bond donors (Lipinski definition) is 2. The normalized spacial score (nSPS) is 12.5. The van der Waals surface area contributed by atoms with Gasteiger partial charge in [0.2, 0.25) is 5.91 Å². The van der Waals surface area contributed by atoms with Gasteiger partial charge in [-0.05, 0) is 31.2 Å². The number of amides is 1. The molecule has 1 amide bonds. The number of furan rings is 1. The first-order valence-corrected chi connectivity index (χ1v) is 7.07. The van der Waals surface area contributed by atoms with Crippen LogP contribution < -0.4 is 5.32 Å². The molecule has 2 heterocycles. The van der Waals surface area contributed by atoms with E-state index in [4.69, 9.17) is 4.42 Å². The molecule has 3 aromatic rings. The molecule has 0 spiro atoms. The molecule has 1 unspecified atom stereocenters. The van der Waals surface area contributed by atoms with Crippen molar-refractivity contribution in [1.29, 1.82) is 0 Å². The van der Waals surface area contributed by atoms with Crippen LogP contribution in [0.25, 0.3) is 11.0 Å². The maximum atomic E-state index is 12.2. The van der Waals surface area contributed by atoms with Crippen LogP contribution in [0.5, 0.6) is 0 Å². The topological polar surface area (TPSA) is 80.3 Å². The van der Waals surface area contributed by atoms with Crippen LogP contribution in [-0.2, 0) is 17.9 Å². The number of hydrogen-bond acceptors (Lipinski definition) is 4. The molecule has 1 atom stereocenters. The third-order valence-corrected chi connectivity index (χ3v) is 3.52. The summed E-state index contributed by atoms with van der Waals surface area (Å²) in [5.74, 6) is 1.01. The van der Waals surface area contributed by atoms with Crippen LogP contribution in [0, 0.1) is 0 Å². The highest BCUT2D eigenvalue weighted by atomic mass is 16.3. The molecular formula is C16H17N3O3. The SMILES string of the molecule is CC(NC(=O)Cn1c(CO)nc2ccccc21)c1ccco1. The molecule has 0 aliphatic rings. The molecule has 6 nitrogen and oxygen atoms in total. The lowest BCUT2D eigenvalue weighted by molar-refractivity contribution is -0.122. The average Bonchev–Trinajstić information content (AvgIpc) is 3.15. The van der Waals surface area contributed by atoms with Crippen LogP contribution in [0.2, 0.25) is 0 Å². The van der Waals surface area contributed by atoms with Crippen molar-refractivity contribution in [3.05, 3.63) is 54.2 Å². The molecule has 1 aromatic carbocycles. The van der Waals surface area contributed by atoms with Crippen LogP contribution in [-0.4, -0.2) is 20.6 Å². The van der Waals surface area contributed by atoms with Gasteiger partial charge in [-0.2, -0.15) is 0 Å². The molecule has 0 bridgehead atoms. The zero-order chi connectivity index (χ0) is 15.5. The van der Waals surface area contributed by atoms with Gasteiger partial charge in [0.25, 0.3) is 0 Å². The number of aliphatic hydroxyl groups is 1. The van der Waals surface area contributed by atoms with Crippen LogP contribution in [0.3, 0.4) is 0 Å². The van der Waals surface area contributed by atoms with Crippen molar-refractivity contribution >= 4 is 16.9 Å². The number of nitrogens with one attached hydrogen (secondary N) is 1. The highest BCUT2D eigenvalue weighted by Crippen LogP contribution is 2.17. The monoisotopic (exact) mass is 299 g/mol. The molecule has 6 heteroatoms. The number of aliphatic hydroxyl groups excluding tert-OH is 1. The van der Waals surface area contributed by atoms with Crippen molar-refractivity contribution in [2.75, 3.05) is 0 Å². The smallest absolute Gasteiger partial charge is 0.240 e. The number of para-hydroxylation sites is 2. The second-order valence-electron chi connectivity index (χ2n) is 5.07. The molecule has 2 N–H and O–H groups in total. The molecule has 0 saturated carbocycles. The van der Waals surface area contributed by atoms with Gasteiger partial charge in [0.05, 0.1) is 23.3 Å². The summed E-state index contributed by atoms with van der Waals surface area (Å²) in [5, 5.41) is 12.3. The van der Waals surface area contributed by atoms with Crippen molar-refractivity contribution in [1.82, 2.24) is 14.9 Å². The van der Waals surface area contributed by atoms with Gasteiger partial charge in [0.1, 0.15) is 24.7 Å². The highest BCUT2D eigenvalue weighted by molar-refractivity contribution is 5.81. The molecule has 3 rings (SSSR count). The fraction of sp³-hybridized carbons (Fsp3) is 0.250. The number of nitrogens with zero attached hydrogens (tertiary/aromatic N) is 2. The lowest BCUT2D eigenvalue weighted by atomic mass is 10.2. The predicted octanol–water partition coefficient (Wildman–Crippen LogP) is 2.00. The lowest BCUT2D eigenvalue weighted by Gasteiger charge is -2.13. The van der Waals surface area contributed by atoms with Gasteiger partial charge in [-0.3, -0.25) is 4.79 Å². The molecule has 0 fully saturated rings. The summed E-state index contributed by atoms with van der Waals surface area (Å²) in [6, 6.07) is 10.9. The summed E-state index contributed by atoms with van der Waals surface area (Å²) in [6.45, 7) is 1.74. The van der Waals surface area contributed by atoms with E-state index in [0.29, 0.717) is 11.6 Å². The zero-order valence-corrected chi connectivity index (χ0v) is 12.2. The third-order valence-electron chi connectivity index (χ3n) is 3.52. The molecule has 0 aliphatic heterocycles. The first kappa shape index (κ1) is 14.3. The quantitative estimate of drug-likeness (QED) is 0.755. The summed E-state index contributed by atoms with van der Waals surface area (Å²) in [6.07, 6.45) is 1.57. The Hall–Kier alpha value is -2.60. The Balaban J connectivity index is 1.79. The fourth-order valence-electron chi connectivity index (χ4n) is 2.46. The van der Waals surface area contributed by atoms with Crippen LogP contribution in [0.1, 0.15) is 24.6 Å². The van der Waals surface area contributed by atoms with E-state index in [-0.39, 0.29) is 25.1 Å². The largest absolute Gasteiger partial charge is 0.467 e. The van der Waals surface area contributed by atoms with Crippen molar-refractivity contribution in [2.24, 2.45) is 0 Å². The Morgan fingerprint density at radius 1 is 1.36 bits per heavy atom. The van der Waals surface area contributed by atoms with E-state index in [1.54, 1.807) is 16.9 Å². The van der Waals surface area contributed by atoms with Crippen molar-refractivity contribution in [3.8, 4) is 0 Å². The van der Waals surface area contributed by atoms with Crippen LogP contribution in [0.15, 0.2) is 47.1 Å². The third kappa shape index (κ3) is 2.73. The Morgan fingerprint density at radius 2 is 2.18 bits per heavy atom. The number of benzene rings is 1. The summed E-state index contributed by atoms with van der Waals surface area (Å²) >= 11 is 0. The van der Waals surface area contributed by atoms with E-state index in [2.05, 4.69) is 10.3 Å². The molecule has 22 heavy (non-hydrogen) atoms. The molecule has 0 aliphatic carbocycles. The van der Waals surface area contributed by atoms with Gasteiger partial charge in [-0.15, -0.1) is 0 Å². The van der Waals surface area contributed by atoms with E-state index in [9.17, 15) is 9.90 Å². The number of carbonyl (C=O) groups is 1. The van der Waals surface area contributed by atoms with E-state index in [1.165, 1.54) is 0 Å². The van der Waals surface area contributed by atoms with E-state index in [1.807, 2.05) is 37.3 Å². The Labute approximate surface area is 127 Å². The minimum atomic E-state index is -0.213.